The average Bonchev–Trinajstić information content (AvgIpc) is 2.72. The molecule has 0 saturated carbocycles. The Morgan fingerprint density at radius 2 is 1.60 bits per heavy atom. The predicted molar refractivity (Wildman–Crippen MR) is 114 cm³/mol. The molecule has 0 atom stereocenters. The molecule has 5 nitrogen and oxygen atoms in total. The maximum absolute atomic E-state index is 10.6. The highest BCUT2D eigenvalue weighted by molar-refractivity contribution is 6.36. The number of aliphatic carboxylic acids is 1. The Morgan fingerprint density at radius 1 is 0.967 bits per heavy atom. The number of nitriles is 1. The third-order valence-electron chi connectivity index (χ3n) is 4.48. The van der Waals surface area contributed by atoms with E-state index in [2.05, 4.69) is 6.07 Å². The second kappa shape index (κ2) is 9.53. The zero-order chi connectivity index (χ0) is 21.7. The molecule has 0 aliphatic heterocycles. The standard InChI is InChI=1S/C23H17Cl2NO4/c24-20-10-18(30-13-23(28)29)11-21(25)19(20)9-16-5-6-22(27)17(8-16)7-14-1-3-15(12-26)4-2-14/h1-6,8,10-11,27H,7,9,13H2,(H,28,29). The number of phenolic OH excluding ortho intramolecular Hbond substituents is 1. The normalized spacial score (nSPS) is 10.4. The van der Waals surface area contributed by atoms with E-state index in [0.29, 0.717) is 34.0 Å². The van der Waals surface area contributed by atoms with Crippen LogP contribution in [0.4, 0.5) is 0 Å². The van der Waals surface area contributed by atoms with E-state index in [-0.39, 0.29) is 11.5 Å². The highest BCUT2D eigenvalue weighted by Gasteiger charge is 2.13. The van der Waals surface area contributed by atoms with Gasteiger partial charge in [-0.15, -0.1) is 0 Å². The monoisotopic (exact) mass is 441 g/mol. The highest BCUT2D eigenvalue weighted by Crippen LogP contribution is 2.33. The van der Waals surface area contributed by atoms with E-state index < -0.39 is 12.6 Å². The van der Waals surface area contributed by atoms with Gasteiger partial charge >= 0.3 is 5.97 Å². The lowest BCUT2D eigenvalue weighted by Gasteiger charge is -2.12. The third-order valence-corrected chi connectivity index (χ3v) is 5.15. The van der Waals surface area contributed by atoms with E-state index >= 15 is 0 Å². The Balaban J connectivity index is 1.81. The smallest absolute Gasteiger partial charge is 0.341 e. The summed E-state index contributed by atoms with van der Waals surface area (Å²) in [5.74, 6) is -0.633. The van der Waals surface area contributed by atoms with Crippen LogP contribution in [0.3, 0.4) is 0 Å². The molecule has 3 aromatic rings. The zero-order valence-corrected chi connectivity index (χ0v) is 17.2. The summed E-state index contributed by atoms with van der Waals surface area (Å²) in [6.45, 7) is -0.483. The van der Waals surface area contributed by atoms with Gasteiger partial charge in [0.15, 0.2) is 6.61 Å². The van der Waals surface area contributed by atoms with Crippen molar-refractivity contribution in [1.29, 1.82) is 5.26 Å². The number of halogens is 2. The van der Waals surface area contributed by atoms with Crippen LogP contribution in [0.15, 0.2) is 54.6 Å². The molecule has 0 radical (unpaired) electrons. The van der Waals surface area contributed by atoms with Crippen molar-refractivity contribution in [2.75, 3.05) is 6.61 Å². The minimum absolute atomic E-state index is 0.178. The van der Waals surface area contributed by atoms with E-state index in [1.54, 1.807) is 24.3 Å². The quantitative estimate of drug-likeness (QED) is 0.524. The molecule has 0 aromatic heterocycles. The van der Waals surface area contributed by atoms with Gasteiger partial charge in [0.05, 0.1) is 11.6 Å². The van der Waals surface area contributed by atoms with Crippen molar-refractivity contribution in [1.82, 2.24) is 0 Å². The number of carboxylic acids is 1. The van der Waals surface area contributed by atoms with Crippen LogP contribution in [0, 0.1) is 11.3 Å². The fourth-order valence-corrected chi connectivity index (χ4v) is 3.59. The van der Waals surface area contributed by atoms with Gasteiger partial charge in [-0.2, -0.15) is 5.26 Å². The number of hydrogen-bond donors (Lipinski definition) is 2. The topological polar surface area (TPSA) is 90.5 Å². The number of ether oxygens (including phenoxy) is 1. The molecule has 0 unspecified atom stereocenters. The van der Waals surface area contributed by atoms with Crippen molar-refractivity contribution >= 4 is 29.2 Å². The first-order valence-corrected chi connectivity index (χ1v) is 9.73. The fraction of sp³-hybridized carbons (Fsp3) is 0.130. The Kier molecular flexibility index (Phi) is 6.83. The number of carbonyl (C=O) groups is 1. The number of phenols is 1. The molecule has 0 aliphatic rings. The molecule has 0 fully saturated rings. The lowest BCUT2D eigenvalue weighted by molar-refractivity contribution is -0.139. The molecular weight excluding hydrogens is 425 g/mol. The van der Waals surface area contributed by atoms with Crippen molar-refractivity contribution in [3.05, 3.63) is 92.5 Å². The summed E-state index contributed by atoms with van der Waals surface area (Å²) in [5, 5.41) is 28.6. The Labute approximate surface area is 183 Å². The summed E-state index contributed by atoms with van der Waals surface area (Å²) >= 11 is 12.7. The van der Waals surface area contributed by atoms with Crippen LogP contribution in [0.2, 0.25) is 10.0 Å². The largest absolute Gasteiger partial charge is 0.508 e. The summed E-state index contributed by atoms with van der Waals surface area (Å²) in [6.07, 6.45) is 0.937. The third kappa shape index (κ3) is 5.44. The molecule has 0 spiro atoms. The van der Waals surface area contributed by atoms with E-state index in [0.717, 1.165) is 16.7 Å². The second-order valence-electron chi connectivity index (χ2n) is 6.67. The molecule has 0 bridgehead atoms. The number of benzene rings is 3. The molecule has 3 aromatic carbocycles. The van der Waals surface area contributed by atoms with Crippen molar-refractivity contribution in [3.8, 4) is 17.6 Å². The van der Waals surface area contributed by atoms with Crippen LogP contribution in [0.25, 0.3) is 0 Å². The maximum atomic E-state index is 10.6. The molecule has 2 N–H and O–H groups in total. The number of nitrogens with zero attached hydrogens (tertiary/aromatic N) is 1. The first-order valence-electron chi connectivity index (χ1n) is 8.98. The second-order valence-corrected chi connectivity index (χ2v) is 7.49. The first-order chi connectivity index (χ1) is 14.4. The highest BCUT2D eigenvalue weighted by atomic mass is 35.5. The molecule has 30 heavy (non-hydrogen) atoms. The zero-order valence-electron chi connectivity index (χ0n) is 15.7. The molecule has 0 heterocycles. The predicted octanol–water partition coefficient (Wildman–Crippen LogP) is 5.22. The van der Waals surface area contributed by atoms with Gasteiger partial charge in [0, 0.05) is 22.9 Å². The molecule has 3 rings (SSSR count). The van der Waals surface area contributed by atoms with E-state index in [9.17, 15) is 9.90 Å². The molecule has 0 amide bonds. The minimum Gasteiger partial charge on any atom is -0.508 e. The van der Waals surface area contributed by atoms with Crippen LogP contribution in [0.5, 0.6) is 11.5 Å². The van der Waals surface area contributed by atoms with E-state index in [1.807, 2.05) is 18.2 Å². The lowest BCUT2D eigenvalue weighted by atomic mass is 9.98. The van der Waals surface area contributed by atoms with Crippen molar-refractivity contribution in [2.24, 2.45) is 0 Å². The SMILES string of the molecule is N#Cc1ccc(Cc2cc(Cc3c(Cl)cc(OCC(=O)O)cc3Cl)ccc2O)cc1. The summed E-state index contributed by atoms with van der Waals surface area (Å²) in [7, 11) is 0. The van der Waals surface area contributed by atoms with Crippen LogP contribution in [-0.2, 0) is 17.6 Å². The van der Waals surface area contributed by atoms with Gasteiger partial charge in [0.25, 0.3) is 0 Å². The van der Waals surface area contributed by atoms with E-state index in [1.165, 1.54) is 12.1 Å². The Hall–Kier alpha value is -3.20. The van der Waals surface area contributed by atoms with Crippen molar-refractivity contribution in [3.63, 3.8) is 0 Å². The minimum atomic E-state index is -1.09. The fourth-order valence-electron chi connectivity index (χ4n) is 2.99. The average molecular weight is 442 g/mol. The summed E-state index contributed by atoms with van der Waals surface area (Å²) in [6, 6.07) is 17.6. The van der Waals surface area contributed by atoms with Gasteiger partial charge in [0.2, 0.25) is 0 Å². The van der Waals surface area contributed by atoms with Crippen LogP contribution in [-0.4, -0.2) is 22.8 Å². The van der Waals surface area contributed by atoms with E-state index in [4.69, 9.17) is 38.3 Å². The molecule has 0 aliphatic carbocycles. The number of carboxylic acid groups (broad SMARTS) is 1. The Morgan fingerprint density at radius 3 is 2.20 bits per heavy atom. The van der Waals surface area contributed by atoms with Gasteiger partial charge in [-0.05, 0) is 52.6 Å². The van der Waals surface area contributed by atoms with Crippen LogP contribution < -0.4 is 4.74 Å². The maximum Gasteiger partial charge on any atom is 0.341 e. The summed E-state index contributed by atoms with van der Waals surface area (Å²) in [5.41, 5.74) is 3.87. The van der Waals surface area contributed by atoms with Gasteiger partial charge < -0.3 is 14.9 Å². The molecule has 152 valence electrons. The Bertz CT molecular complexity index is 1100. The first kappa shape index (κ1) is 21.5. The summed E-state index contributed by atoms with van der Waals surface area (Å²) in [4.78, 5) is 10.6. The molecule has 7 heteroatoms. The van der Waals surface area contributed by atoms with Crippen molar-refractivity contribution < 1.29 is 19.7 Å². The van der Waals surface area contributed by atoms with Gasteiger partial charge in [-0.3, -0.25) is 0 Å². The number of rotatable bonds is 7. The van der Waals surface area contributed by atoms with Gasteiger partial charge in [-0.1, -0.05) is 47.5 Å². The van der Waals surface area contributed by atoms with Gasteiger partial charge in [0.1, 0.15) is 11.5 Å². The van der Waals surface area contributed by atoms with Gasteiger partial charge in [-0.25, -0.2) is 4.79 Å². The van der Waals surface area contributed by atoms with Crippen molar-refractivity contribution in [2.45, 2.75) is 12.8 Å². The number of aromatic hydroxyl groups is 1. The molecule has 0 saturated heterocycles. The lowest BCUT2D eigenvalue weighted by Crippen LogP contribution is -2.09. The van der Waals surface area contributed by atoms with Crippen LogP contribution in [0.1, 0.15) is 27.8 Å². The number of hydrogen-bond acceptors (Lipinski definition) is 4. The molecular formula is C23H17Cl2NO4. The summed E-state index contributed by atoms with van der Waals surface area (Å²) < 4.78 is 5.13. The van der Waals surface area contributed by atoms with Crippen LogP contribution >= 0.6 is 23.2 Å².